The number of ether oxygens (including phenoxy) is 1. The number of hydrogen-bond acceptors (Lipinski definition) is 4. The average molecular weight is 337 g/mol. The number of pyridine rings is 1. The van der Waals surface area contributed by atoms with Crippen LogP contribution in [0.5, 0.6) is 5.75 Å². The second kappa shape index (κ2) is 6.84. The van der Waals surface area contributed by atoms with Crippen molar-refractivity contribution in [2.75, 3.05) is 26.2 Å². The standard InChI is InChI=1S/C20H23N3O2/c1-15-2-4-18(5-3-15)25-19-12-17-13-23(11-10-22(17)14-19)20(24)16-6-8-21-9-7-16/h2-9,17,19H,10-14H2,1H3/t17-,19+/m0/s1. The van der Waals surface area contributed by atoms with E-state index in [0.717, 1.165) is 38.3 Å². The van der Waals surface area contributed by atoms with Gasteiger partial charge in [-0.1, -0.05) is 17.7 Å². The first-order valence-electron chi connectivity index (χ1n) is 8.86. The molecule has 1 amide bonds. The number of aromatic nitrogens is 1. The molecule has 2 saturated heterocycles. The van der Waals surface area contributed by atoms with Gasteiger partial charge in [-0.3, -0.25) is 14.7 Å². The molecule has 2 fully saturated rings. The van der Waals surface area contributed by atoms with Gasteiger partial charge in [-0.2, -0.15) is 0 Å². The zero-order valence-corrected chi connectivity index (χ0v) is 14.5. The second-order valence-electron chi connectivity index (χ2n) is 6.92. The molecule has 2 aliphatic heterocycles. The van der Waals surface area contributed by atoms with Gasteiger partial charge in [-0.05, 0) is 31.2 Å². The molecule has 3 heterocycles. The molecule has 0 saturated carbocycles. The zero-order chi connectivity index (χ0) is 17.2. The molecule has 0 radical (unpaired) electrons. The van der Waals surface area contributed by atoms with Crippen molar-refractivity contribution in [2.24, 2.45) is 0 Å². The predicted octanol–water partition coefficient (Wildman–Crippen LogP) is 2.37. The van der Waals surface area contributed by atoms with Gasteiger partial charge < -0.3 is 9.64 Å². The van der Waals surface area contributed by atoms with E-state index in [1.54, 1.807) is 24.5 Å². The van der Waals surface area contributed by atoms with Crippen LogP contribution in [0.15, 0.2) is 48.8 Å². The van der Waals surface area contributed by atoms with Crippen LogP contribution in [0.1, 0.15) is 22.3 Å². The molecule has 0 aliphatic carbocycles. The number of benzene rings is 1. The van der Waals surface area contributed by atoms with E-state index in [1.807, 2.05) is 17.0 Å². The van der Waals surface area contributed by atoms with E-state index >= 15 is 0 Å². The minimum Gasteiger partial charge on any atom is -0.489 e. The third kappa shape index (κ3) is 3.51. The lowest BCUT2D eigenvalue weighted by Crippen LogP contribution is -2.52. The van der Waals surface area contributed by atoms with E-state index in [-0.39, 0.29) is 12.0 Å². The van der Waals surface area contributed by atoms with Gasteiger partial charge in [-0.15, -0.1) is 0 Å². The van der Waals surface area contributed by atoms with Crippen molar-refractivity contribution in [3.05, 3.63) is 59.9 Å². The Morgan fingerprint density at radius 1 is 1.08 bits per heavy atom. The van der Waals surface area contributed by atoms with Gasteiger partial charge in [0.05, 0.1) is 0 Å². The average Bonchev–Trinajstić information content (AvgIpc) is 3.05. The van der Waals surface area contributed by atoms with Gasteiger partial charge in [0, 0.05) is 56.6 Å². The van der Waals surface area contributed by atoms with E-state index in [1.165, 1.54) is 5.56 Å². The highest BCUT2D eigenvalue weighted by molar-refractivity contribution is 5.94. The monoisotopic (exact) mass is 337 g/mol. The maximum absolute atomic E-state index is 12.6. The highest BCUT2D eigenvalue weighted by atomic mass is 16.5. The number of fused-ring (bicyclic) bond motifs is 1. The largest absolute Gasteiger partial charge is 0.489 e. The fraction of sp³-hybridized carbons (Fsp3) is 0.400. The Morgan fingerprint density at radius 3 is 2.60 bits per heavy atom. The van der Waals surface area contributed by atoms with Crippen molar-refractivity contribution in [3.8, 4) is 5.75 Å². The van der Waals surface area contributed by atoms with Crippen LogP contribution < -0.4 is 4.74 Å². The fourth-order valence-corrected chi connectivity index (χ4v) is 3.75. The Bertz CT molecular complexity index is 732. The molecule has 0 unspecified atom stereocenters. The van der Waals surface area contributed by atoms with E-state index in [2.05, 4.69) is 28.9 Å². The predicted molar refractivity (Wildman–Crippen MR) is 95.7 cm³/mol. The summed E-state index contributed by atoms with van der Waals surface area (Å²) >= 11 is 0. The summed E-state index contributed by atoms with van der Waals surface area (Å²) in [6.45, 7) is 5.48. The lowest BCUT2D eigenvalue weighted by molar-refractivity contribution is 0.0569. The molecule has 4 rings (SSSR count). The minimum absolute atomic E-state index is 0.102. The highest BCUT2D eigenvalue weighted by Gasteiger charge is 2.38. The lowest BCUT2D eigenvalue weighted by atomic mass is 10.1. The number of rotatable bonds is 3. The molecule has 5 nitrogen and oxygen atoms in total. The lowest BCUT2D eigenvalue weighted by Gasteiger charge is -2.37. The Hall–Kier alpha value is -2.40. The van der Waals surface area contributed by atoms with E-state index < -0.39 is 0 Å². The quantitative estimate of drug-likeness (QED) is 0.863. The number of nitrogens with zero attached hydrogens (tertiary/aromatic N) is 3. The van der Waals surface area contributed by atoms with Gasteiger partial charge >= 0.3 is 0 Å². The Kier molecular flexibility index (Phi) is 4.40. The summed E-state index contributed by atoms with van der Waals surface area (Å²) in [5.74, 6) is 1.03. The van der Waals surface area contributed by atoms with Gasteiger partial charge in [-0.25, -0.2) is 0 Å². The van der Waals surface area contributed by atoms with E-state index in [9.17, 15) is 4.79 Å². The van der Waals surface area contributed by atoms with Crippen molar-refractivity contribution in [2.45, 2.75) is 25.5 Å². The number of carbonyl (C=O) groups excluding carboxylic acids is 1. The molecule has 1 aromatic heterocycles. The van der Waals surface area contributed by atoms with Gasteiger partial charge in [0.15, 0.2) is 0 Å². The maximum Gasteiger partial charge on any atom is 0.254 e. The molecule has 2 aliphatic rings. The maximum atomic E-state index is 12.6. The van der Waals surface area contributed by atoms with Gasteiger partial charge in [0.2, 0.25) is 0 Å². The first kappa shape index (κ1) is 16.1. The molecule has 0 bridgehead atoms. The molecule has 0 spiro atoms. The minimum atomic E-state index is 0.102. The number of carbonyl (C=O) groups is 1. The van der Waals surface area contributed by atoms with Crippen LogP contribution in [-0.4, -0.2) is 59.0 Å². The topological polar surface area (TPSA) is 45.7 Å². The number of hydrogen-bond donors (Lipinski definition) is 0. The summed E-state index contributed by atoms with van der Waals surface area (Å²) in [5.41, 5.74) is 1.95. The molecular formula is C20H23N3O2. The van der Waals surface area contributed by atoms with Crippen molar-refractivity contribution in [1.29, 1.82) is 0 Å². The second-order valence-corrected chi connectivity index (χ2v) is 6.92. The number of aryl methyl sites for hydroxylation is 1. The van der Waals surface area contributed by atoms with Crippen LogP contribution in [0.3, 0.4) is 0 Å². The van der Waals surface area contributed by atoms with Crippen LogP contribution in [-0.2, 0) is 0 Å². The summed E-state index contributed by atoms with van der Waals surface area (Å²) in [4.78, 5) is 21.0. The Balaban J connectivity index is 1.37. The van der Waals surface area contributed by atoms with Crippen molar-refractivity contribution < 1.29 is 9.53 Å². The summed E-state index contributed by atoms with van der Waals surface area (Å²) in [5, 5.41) is 0. The van der Waals surface area contributed by atoms with Crippen molar-refractivity contribution in [3.63, 3.8) is 0 Å². The van der Waals surface area contributed by atoms with Gasteiger partial charge in [0.1, 0.15) is 11.9 Å². The molecule has 2 aromatic rings. The highest BCUT2D eigenvalue weighted by Crippen LogP contribution is 2.26. The summed E-state index contributed by atoms with van der Waals surface area (Å²) < 4.78 is 6.15. The van der Waals surface area contributed by atoms with Crippen LogP contribution in [0.2, 0.25) is 0 Å². The molecule has 1 aromatic carbocycles. The van der Waals surface area contributed by atoms with Crippen LogP contribution in [0.25, 0.3) is 0 Å². The first-order valence-corrected chi connectivity index (χ1v) is 8.86. The van der Waals surface area contributed by atoms with Crippen LogP contribution in [0, 0.1) is 6.92 Å². The summed E-state index contributed by atoms with van der Waals surface area (Å²) in [6, 6.07) is 12.2. The molecule has 2 atom stereocenters. The van der Waals surface area contributed by atoms with E-state index in [0.29, 0.717) is 11.6 Å². The third-order valence-corrected chi connectivity index (χ3v) is 5.12. The Morgan fingerprint density at radius 2 is 1.84 bits per heavy atom. The molecular weight excluding hydrogens is 314 g/mol. The summed E-state index contributed by atoms with van der Waals surface area (Å²) in [6.07, 6.45) is 4.51. The SMILES string of the molecule is Cc1ccc(O[C@@H]2C[C@H]3CN(C(=O)c4ccncc4)CCN3C2)cc1. The molecule has 130 valence electrons. The third-order valence-electron chi connectivity index (χ3n) is 5.12. The zero-order valence-electron chi connectivity index (χ0n) is 14.5. The van der Waals surface area contributed by atoms with Crippen LogP contribution >= 0.6 is 0 Å². The van der Waals surface area contributed by atoms with E-state index in [4.69, 9.17) is 4.74 Å². The normalized spacial score (nSPS) is 23.3. The molecule has 25 heavy (non-hydrogen) atoms. The fourth-order valence-electron chi connectivity index (χ4n) is 3.75. The van der Waals surface area contributed by atoms with Crippen LogP contribution in [0.4, 0.5) is 0 Å². The summed E-state index contributed by atoms with van der Waals surface area (Å²) in [7, 11) is 0. The first-order chi connectivity index (χ1) is 12.2. The van der Waals surface area contributed by atoms with Crippen molar-refractivity contribution >= 4 is 5.91 Å². The smallest absolute Gasteiger partial charge is 0.254 e. The number of amides is 1. The van der Waals surface area contributed by atoms with Gasteiger partial charge in [0.25, 0.3) is 5.91 Å². The Labute approximate surface area is 148 Å². The number of piperazine rings is 1. The molecule has 0 N–H and O–H groups in total. The van der Waals surface area contributed by atoms with Crippen molar-refractivity contribution in [1.82, 2.24) is 14.8 Å². The molecule has 5 heteroatoms.